The normalized spacial score (nSPS) is 20.2. The Labute approximate surface area is 127 Å². The maximum atomic E-state index is 11.9. The molecule has 1 aromatic carbocycles. The number of aliphatic carboxylic acids is 1. The molecule has 6 heteroatoms. The number of amides is 1. The van der Waals surface area contributed by atoms with Crippen LogP contribution in [0.4, 0.5) is 0 Å². The minimum Gasteiger partial charge on any atom is -0.480 e. The molecule has 4 nitrogen and oxygen atoms in total. The molecule has 2 atom stereocenters. The van der Waals surface area contributed by atoms with Crippen molar-refractivity contribution in [3.05, 3.63) is 34.9 Å². The average Bonchev–Trinajstić information content (AvgIpc) is 2.79. The molecule has 0 spiro atoms. The first kappa shape index (κ1) is 15.1. The Morgan fingerprint density at radius 1 is 1.40 bits per heavy atom. The summed E-state index contributed by atoms with van der Waals surface area (Å²) in [5, 5.41) is 9.97. The highest BCUT2D eigenvalue weighted by Gasteiger charge is 2.37. The summed E-state index contributed by atoms with van der Waals surface area (Å²) >= 11 is 11.6. The minimum absolute atomic E-state index is 0.0382. The predicted octanol–water partition coefficient (Wildman–Crippen LogP) is 2.42. The van der Waals surface area contributed by atoms with E-state index in [4.69, 9.17) is 23.2 Å². The molecule has 1 N–H and O–H groups in total. The minimum atomic E-state index is -0.997. The Morgan fingerprint density at radius 3 is 2.55 bits per heavy atom. The fraction of sp³-hybridized carbons (Fsp3) is 0.429. The molecule has 20 heavy (non-hydrogen) atoms. The van der Waals surface area contributed by atoms with Crippen LogP contribution in [0.5, 0.6) is 0 Å². The molecule has 0 saturated carbocycles. The molecule has 1 unspecified atom stereocenters. The molecule has 1 saturated heterocycles. The first-order chi connectivity index (χ1) is 9.51. The van der Waals surface area contributed by atoms with Crippen molar-refractivity contribution in [2.75, 3.05) is 12.4 Å². The van der Waals surface area contributed by atoms with Crippen molar-refractivity contribution >= 4 is 35.1 Å². The van der Waals surface area contributed by atoms with E-state index < -0.39 is 12.0 Å². The monoisotopic (exact) mass is 315 g/mol. The van der Waals surface area contributed by atoms with Crippen LogP contribution in [0.15, 0.2) is 24.3 Å². The number of hydrogen-bond acceptors (Lipinski definition) is 2. The van der Waals surface area contributed by atoms with Crippen molar-refractivity contribution in [1.29, 1.82) is 0 Å². The van der Waals surface area contributed by atoms with Gasteiger partial charge < -0.3 is 10.0 Å². The van der Waals surface area contributed by atoms with E-state index in [0.717, 1.165) is 5.56 Å². The maximum Gasteiger partial charge on any atom is 0.326 e. The van der Waals surface area contributed by atoms with Crippen LogP contribution in [0.2, 0.25) is 5.02 Å². The molecular weight excluding hydrogens is 301 g/mol. The standard InChI is InChI=1S/C14H15Cl2NO3/c15-7-10-6-13(18)17(8-10)12(14(19)20)5-9-1-3-11(16)4-2-9/h1-4,10,12H,5-8H2,(H,19,20)/t10?,12-/m0/s1. The Kier molecular flexibility index (Phi) is 4.89. The number of benzene rings is 1. The van der Waals surface area contributed by atoms with Gasteiger partial charge in [0.1, 0.15) is 6.04 Å². The van der Waals surface area contributed by atoms with Gasteiger partial charge in [0.25, 0.3) is 0 Å². The van der Waals surface area contributed by atoms with E-state index in [1.165, 1.54) is 4.90 Å². The fourth-order valence-corrected chi connectivity index (χ4v) is 2.72. The summed E-state index contributed by atoms with van der Waals surface area (Å²) in [7, 11) is 0. The van der Waals surface area contributed by atoms with Crippen LogP contribution < -0.4 is 0 Å². The fourth-order valence-electron chi connectivity index (χ4n) is 2.39. The lowest BCUT2D eigenvalue weighted by Crippen LogP contribution is -2.43. The predicted molar refractivity (Wildman–Crippen MR) is 77.1 cm³/mol. The van der Waals surface area contributed by atoms with Crippen molar-refractivity contribution in [3.8, 4) is 0 Å². The third-order valence-corrected chi connectivity index (χ3v) is 4.15. The van der Waals surface area contributed by atoms with Gasteiger partial charge in [-0.1, -0.05) is 23.7 Å². The molecule has 1 aliphatic rings. The zero-order valence-corrected chi connectivity index (χ0v) is 12.3. The van der Waals surface area contributed by atoms with Crippen LogP contribution in [-0.4, -0.2) is 40.3 Å². The van der Waals surface area contributed by atoms with E-state index >= 15 is 0 Å². The number of carboxylic acids is 1. The van der Waals surface area contributed by atoms with Crippen molar-refractivity contribution in [2.45, 2.75) is 18.9 Å². The summed E-state index contributed by atoms with van der Waals surface area (Å²) in [5.74, 6) is -0.730. The summed E-state index contributed by atoms with van der Waals surface area (Å²) in [4.78, 5) is 24.8. The maximum absolute atomic E-state index is 11.9. The Balaban J connectivity index is 2.13. The zero-order chi connectivity index (χ0) is 14.7. The molecular formula is C14H15Cl2NO3. The number of halogens is 2. The van der Waals surface area contributed by atoms with E-state index in [1.54, 1.807) is 24.3 Å². The number of likely N-dealkylation sites (tertiary alicyclic amines) is 1. The van der Waals surface area contributed by atoms with Crippen molar-refractivity contribution in [1.82, 2.24) is 4.90 Å². The largest absolute Gasteiger partial charge is 0.480 e. The van der Waals surface area contributed by atoms with E-state index in [9.17, 15) is 14.7 Å². The lowest BCUT2D eigenvalue weighted by Gasteiger charge is -2.24. The number of nitrogens with zero attached hydrogens (tertiary/aromatic N) is 1. The summed E-state index contributed by atoms with van der Waals surface area (Å²) < 4.78 is 0. The number of hydrogen-bond donors (Lipinski definition) is 1. The van der Waals surface area contributed by atoms with Gasteiger partial charge in [0.2, 0.25) is 5.91 Å². The van der Waals surface area contributed by atoms with Crippen LogP contribution in [0, 0.1) is 5.92 Å². The Hall–Kier alpha value is -1.26. The van der Waals surface area contributed by atoms with E-state index in [2.05, 4.69) is 0 Å². The average molecular weight is 316 g/mol. The third-order valence-electron chi connectivity index (χ3n) is 3.46. The first-order valence-electron chi connectivity index (χ1n) is 6.34. The van der Waals surface area contributed by atoms with Crippen LogP contribution in [0.25, 0.3) is 0 Å². The Bertz CT molecular complexity index is 504. The summed E-state index contributed by atoms with van der Waals surface area (Å²) in [6.45, 7) is 0.410. The molecule has 108 valence electrons. The van der Waals surface area contributed by atoms with Crippen LogP contribution in [-0.2, 0) is 16.0 Å². The van der Waals surface area contributed by atoms with Gasteiger partial charge in [-0.2, -0.15) is 0 Å². The van der Waals surface area contributed by atoms with Gasteiger partial charge >= 0.3 is 5.97 Å². The summed E-state index contributed by atoms with van der Waals surface area (Å²) in [6.07, 6.45) is 0.598. The molecule has 1 aromatic rings. The second-order valence-corrected chi connectivity index (χ2v) is 5.70. The Morgan fingerprint density at radius 2 is 2.05 bits per heavy atom. The van der Waals surface area contributed by atoms with Gasteiger partial charge in [0, 0.05) is 30.3 Å². The van der Waals surface area contributed by atoms with Gasteiger partial charge in [-0.25, -0.2) is 4.79 Å². The smallest absolute Gasteiger partial charge is 0.326 e. The number of rotatable bonds is 5. The molecule has 0 bridgehead atoms. The second kappa shape index (κ2) is 6.46. The number of carbonyl (C=O) groups excluding carboxylic acids is 1. The molecule has 1 heterocycles. The zero-order valence-electron chi connectivity index (χ0n) is 10.8. The topological polar surface area (TPSA) is 57.6 Å². The van der Waals surface area contributed by atoms with Gasteiger partial charge in [0.15, 0.2) is 0 Å². The van der Waals surface area contributed by atoms with Crippen molar-refractivity contribution < 1.29 is 14.7 Å². The highest BCUT2D eigenvalue weighted by atomic mass is 35.5. The second-order valence-electron chi connectivity index (χ2n) is 4.96. The van der Waals surface area contributed by atoms with E-state index in [1.807, 2.05) is 0 Å². The molecule has 0 aromatic heterocycles. The van der Waals surface area contributed by atoms with E-state index in [-0.39, 0.29) is 18.2 Å². The summed E-state index contributed by atoms with van der Waals surface area (Å²) in [5.41, 5.74) is 0.837. The lowest BCUT2D eigenvalue weighted by molar-refractivity contribution is -0.148. The number of carboxylic acid groups (broad SMARTS) is 1. The first-order valence-corrected chi connectivity index (χ1v) is 7.25. The highest BCUT2D eigenvalue weighted by Crippen LogP contribution is 2.23. The molecule has 0 radical (unpaired) electrons. The summed E-state index contributed by atoms with van der Waals surface area (Å²) in [6, 6.07) is 6.12. The highest BCUT2D eigenvalue weighted by molar-refractivity contribution is 6.30. The van der Waals surface area contributed by atoms with E-state index in [0.29, 0.717) is 23.9 Å². The number of carbonyl (C=O) groups is 2. The van der Waals surface area contributed by atoms with Crippen LogP contribution in [0.1, 0.15) is 12.0 Å². The van der Waals surface area contributed by atoms with Gasteiger partial charge in [-0.15, -0.1) is 11.6 Å². The molecule has 0 aliphatic carbocycles. The van der Waals surface area contributed by atoms with Gasteiger partial charge in [-0.3, -0.25) is 4.79 Å². The van der Waals surface area contributed by atoms with Crippen molar-refractivity contribution in [2.24, 2.45) is 5.92 Å². The molecule has 1 fully saturated rings. The van der Waals surface area contributed by atoms with Gasteiger partial charge in [0.05, 0.1) is 0 Å². The lowest BCUT2D eigenvalue weighted by atomic mass is 10.0. The van der Waals surface area contributed by atoms with Crippen LogP contribution in [0.3, 0.4) is 0 Å². The molecule has 1 amide bonds. The van der Waals surface area contributed by atoms with Crippen molar-refractivity contribution in [3.63, 3.8) is 0 Å². The van der Waals surface area contributed by atoms with Gasteiger partial charge in [-0.05, 0) is 23.6 Å². The molecule has 2 rings (SSSR count). The quantitative estimate of drug-likeness (QED) is 0.849. The molecule has 1 aliphatic heterocycles. The SMILES string of the molecule is O=C(O)[C@H](Cc1ccc(Cl)cc1)N1CC(CCl)CC1=O. The van der Waals surface area contributed by atoms with Crippen LogP contribution >= 0.6 is 23.2 Å². The number of alkyl halides is 1. The third kappa shape index (κ3) is 3.44.